The highest BCUT2D eigenvalue weighted by Crippen LogP contribution is 2.34. The van der Waals surface area contributed by atoms with Crippen molar-refractivity contribution in [1.29, 1.82) is 0 Å². The minimum absolute atomic E-state index is 0.0166. The molecule has 2 aromatic rings. The van der Waals surface area contributed by atoms with Gasteiger partial charge in [-0.15, -0.1) is 0 Å². The van der Waals surface area contributed by atoms with Crippen LogP contribution in [0.3, 0.4) is 0 Å². The van der Waals surface area contributed by atoms with E-state index in [1.54, 1.807) is 18.2 Å². The van der Waals surface area contributed by atoms with Gasteiger partial charge in [-0.1, -0.05) is 0 Å². The molecule has 1 heterocycles. The molecule has 3 rings (SSSR count). The summed E-state index contributed by atoms with van der Waals surface area (Å²) in [6.45, 7) is 0.227. The fourth-order valence-electron chi connectivity index (χ4n) is 1.93. The zero-order chi connectivity index (χ0) is 14.1. The summed E-state index contributed by atoms with van der Waals surface area (Å²) >= 11 is 3.04. The van der Waals surface area contributed by atoms with E-state index in [9.17, 15) is 8.78 Å². The third kappa shape index (κ3) is 2.43. The van der Waals surface area contributed by atoms with E-state index < -0.39 is 11.6 Å². The van der Waals surface area contributed by atoms with Crippen molar-refractivity contribution in [3.63, 3.8) is 0 Å². The maximum atomic E-state index is 13.8. The molecule has 0 amide bonds. The van der Waals surface area contributed by atoms with Crippen LogP contribution >= 0.6 is 15.9 Å². The van der Waals surface area contributed by atoms with Crippen molar-refractivity contribution in [2.24, 2.45) is 0 Å². The first-order valence-electron chi connectivity index (χ1n) is 5.91. The van der Waals surface area contributed by atoms with E-state index in [1.807, 2.05) is 0 Å². The van der Waals surface area contributed by atoms with Crippen molar-refractivity contribution in [3.8, 4) is 11.5 Å². The van der Waals surface area contributed by atoms with E-state index in [0.29, 0.717) is 17.2 Å². The molecule has 1 aliphatic heterocycles. The van der Waals surface area contributed by atoms with Crippen molar-refractivity contribution in [1.82, 2.24) is 0 Å². The molecule has 0 unspecified atom stereocenters. The molecular formula is C14H10BrF2NO2. The van der Waals surface area contributed by atoms with Gasteiger partial charge < -0.3 is 14.8 Å². The van der Waals surface area contributed by atoms with Crippen LogP contribution in [0.5, 0.6) is 11.5 Å². The third-order valence-electron chi connectivity index (χ3n) is 2.98. The molecule has 0 aromatic heterocycles. The highest BCUT2D eigenvalue weighted by molar-refractivity contribution is 9.10. The second kappa shape index (κ2) is 5.28. The zero-order valence-electron chi connectivity index (χ0n) is 10.3. The van der Waals surface area contributed by atoms with Gasteiger partial charge in [0, 0.05) is 23.9 Å². The fourth-order valence-corrected chi connectivity index (χ4v) is 2.30. The van der Waals surface area contributed by atoms with Crippen LogP contribution in [0.15, 0.2) is 34.8 Å². The lowest BCUT2D eigenvalue weighted by Crippen LogP contribution is -2.05. The molecule has 3 nitrogen and oxygen atoms in total. The normalized spacial score (nSPS) is 12.6. The number of rotatable bonds is 3. The van der Waals surface area contributed by atoms with E-state index in [-0.39, 0.29) is 23.4 Å². The van der Waals surface area contributed by atoms with Crippen LogP contribution in [-0.2, 0) is 6.54 Å². The molecule has 0 bridgehead atoms. The average Bonchev–Trinajstić information content (AvgIpc) is 2.90. The summed E-state index contributed by atoms with van der Waals surface area (Å²) < 4.78 is 38.1. The molecule has 6 heteroatoms. The average molecular weight is 342 g/mol. The Bertz CT molecular complexity index is 664. The van der Waals surface area contributed by atoms with Gasteiger partial charge in [-0.05, 0) is 40.2 Å². The summed E-state index contributed by atoms with van der Waals surface area (Å²) in [7, 11) is 0. The Morgan fingerprint density at radius 1 is 1.10 bits per heavy atom. The number of ether oxygens (including phenoxy) is 2. The van der Waals surface area contributed by atoms with Crippen LogP contribution in [0.25, 0.3) is 0 Å². The lowest BCUT2D eigenvalue weighted by atomic mass is 10.2. The number of hydrogen-bond donors (Lipinski definition) is 1. The van der Waals surface area contributed by atoms with E-state index in [2.05, 4.69) is 21.2 Å². The molecule has 104 valence electrons. The Hall–Kier alpha value is -1.82. The third-order valence-corrected chi connectivity index (χ3v) is 3.59. The quantitative estimate of drug-likeness (QED) is 0.853. The van der Waals surface area contributed by atoms with Gasteiger partial charge in [0.05, 0.1) is 4.47 Å². The molecule has 0 saturated carbocycles. The van der Waals surface area contributed by atoms with Crippen molar-refractivity contribution in [2.75, 3.05) is 12.1 Å². The summed E-state index contributed by atoms with van der Waals surface area (Å²) in [5, 5.41) is 2.96. The lowest BCUT2D eigenvalue weighted by Gasteiger charge is -2.10. The van der Waals surface area contributed by atoms with Crippen LogP contribution < -0.4 is 14.8 Å². The van der Waals surface area contributed by atoms with Crippen molar-refractivity contribution in [3.05, 3.63) is 52.0 Å². The summed E-state index contributed by atoms with van der Waals surface area (Å²) in [4.78, 5) is 0. The van der Waals surface area contributed by atoms with Crippen LogP contribution in [0.1, 0.15) is 5.56 Å². The van der Waals surface area contributed by atoms with Crippen LogP contribution in [-0.4, -0.2) is 6.79 Å². The predicted molar refractivity (Wildman–Crippen MR) is 73.9 cm³/mol. The monoisotopic (exact) mass is 341 g/mol. The molecule has 0 radical (unpaired) electrons. The smallest absolute Gasteiger partial charge is 0.231 e. The number of halogens is 3. The first-order chi connectivity index (χ1) is 9.65. The topological polar surface area (TPSA) is 30.5 Å². The molecule has 0 saturated heterocycles. The summed E-state index contributed by atoms with van der Waals surface area (Å²) in [5.41, 5.74) is 0.685. The molecule has 1 aliphatic rings. The molecular weight excluding hydrogens is 332 g/mol. The van der Waals surface area contributed by atoms with Crippen LogP contribution in [0, 0.1) is 11.6 Å². The minimum Gasteiger partial charge on any atom is -0.454 e. The van der Waals surface area contributed by atoms with E-state index in [0.717, 1.165) is 0 Å². The number of benzene rings is 2. The van der Waals surface area contributed by atoms with Crippen LogP contribution in [0.4, 0.5) is 14.5 Å². The van der Waals surface area contributed by atoms with E-state index >= 15 is 0 Å². The number of anilines is 1. The second-order valence-corrected chi connectivity index (χ2v) is 5.10. The zero-order valence-corrected chi connectivity index (χ0v) is 11.8. The van der Waals surface area contributed by atoms with Gasteiger partial charge in [-0.2, -0.15) is 0 Å². The Balaban J connectivity index is 1.79. The summed E-state index contributed by atoms with van der Waals surface area (Å²) in [6.07, 6.45) is 0. The summed E-state index contributed by atoms with van der Waals surface area (Å²) in [6, 6.07) is 7.81. The van der Waals surface area contributed by atoms with Crippen LogP contribution in [0.2, 0.25) is 0 Å². The van der Waals surface area contributed by atoms with Gasteiger partial charge in [0.2, 0.25) is 6.79 Å². The molecule has 0 fully saturated rings. The lowest BCUT2D eigenvalue weighted by molar-refractivity contribution is 0.174. The van der Waals surface area contributed by atoms with Crippen molar-refractivity contribution in [2.45, 2.75) is 6.54 Å². The maximum absolute atomic E-state index is 13.8. The Labute approximate surface area is 122 Å². The predicted octanol–water partition coefficient (Wildman–Crippen LogP) is 4.07. The maximum Gasteiger partial charge on any atom is 0.231 e. The Morgan fingerprint density at radius 2 is 1.90 bits per heavy atom. The van der Waals surface area contributed by atoms with E-state index in [4.69, 9.17) is 9.47 Å². The SMILES string of the molecule is Fc1ccc(Br)c(F)c1CNc1ccc2c(c1)OCO2. The standard InChI is InChI=1S/C14H10BrF2NO2/c15-10-2-3-11(16)9(14(10)17)6-18-8-1-4-12-13(5-8)20-7-19-12/h1-5,18H,6-7H2. The first kappa shape index (κ1) is 13.2. The summed E-state index contributed by atoms with van der Waals surface area (Å²) in [5.74, 6) is 0.0951. The second-order valence-electron chi connectivity index (χ2n) is 4.24. The van der Waals surface area contributed by atoms with E-state index in [1.165, 1.54) is 12.1 Å². The van der Waals surface area contributed by atoms with Gasteiger partial charge >= 0.3 is 0 Å². The number of fused-ring (bicyclic) bond motifs is 1. The van der Waals surface area contributed by atoms with Gasteiger partial charge in [0.25, 0.3) is 0 Å². The van der Waals surface area contributed by atoms with Gasteiger partial charge in [0.15, 0.2) is 11.5 Å². The molecule has 20 heavy (non-hydrogen) atoms. The minimum atomic E-state index is -0.599. The molecule has 1 N–H and O–H groups in total. The van der Waals surface area contributed by atoms with Gasteiger partial charge in [-0.3, -0.25) is 0 Å². The highest BCUT2D eigenvalue weighted by atomic mass is 79.9. The molecule has 0 atom stereocenters. The number of nitrogens with one attached hydrogen (secondary N) is 1. The number of hydrogen-bond acceptors (Lipinski definition) is 3. The largest absolute Gasteiger partial charge is 0.454 e. The fraction of sp³-hybridized carbons (Fsp3) is 0.143. The van der Waals surface area contributed by atoms with Crippen molar-refractivity contribution >= 4 is 21.6 Å². The van der Waals surface area contributed by atoms with Gasteiger partial charge in [-0.25, -0.2) is 8.78 Å². The molecule has 0 spiro atoms. The van der Waals surface area contributed by atoms with Gasteiger partial charge in [0.1, 0.15) is 11.6 Å². The molecule has 2 aromatic carbocycles. The highest BCUT2D eigenvalue weighted by Gasteiger charge is 2.15. The van der Waals surface area contributed by atoms with Crippen molar-refractivity contribution < 1.29 is 18.3 Å². The Morgan fingerprint density at radius 3 is 2.75 bits per heavy atom. The first-order valence-corrected chi connectivity index (χ1v) is 6.70. The molecule has 0 aliphatic carbocycles. The Kier molecular flexibility index (Phi) is 3.48.